The van der Waals surface area contributed by atoms with Crippen molar-refractivity contribution in [3.8, 4) is 0 Å². The van der Waals surface area contributed by atoms with Crippen LogP contribution in [0.15, 0.2) is 60.7 Å². The molecule has 0 unspecified atom stereocenters. The molecule has 3 rings (SSSR count). The number of hydrogen-bond acceptors (Lipinski definition) is 3. The molecule has 1 aliphatic rings. The molecule has 3 nitrogen and oxygen atoms in total. The highest BCUT2D eigenvalue weighted by Crippen LogP contribution is 2.25. The van der Waals surface area contributed by atoms with Gasteiger partial charge in [-0.3, -0.25) is 4.90 Å². The molecule has 1 heterocycles. The Morgan fingerprint density at radius 2 is 1.39 bits per heavy atom. The molecular weight excluding hydrogens is 310 g/mol. The Bertz CT molecular complexity index is 504. The molecule has 0 bridgehead atoms. The summed E-state index contributed by atoms with van der Waals surface area (Å²) in [6.45, 7) is 5.37. The highest BCUT2D eigenvalue weighted by Gasteiger charge is 2.15. The van der Waals surface area contributed by atoms with Crippen LogP contribution in [0.4, 0.5) is 0 Å². The van der Waals surface area contributed by atoms with Gasteiger partial charge in [0.1, 0.15) is 6.10 Å². The van der Waals surface area contributed by atoms with Crippen molar-refractivity contribution in [1.29, 1.82) is 0 Å². The van der Waals surface area contributed by atoms with E-state index in [0.29, 0.717) is 0 Å². The van der Waals surface area contributed by atoms with Crippen molar-refractivity contribution in [1.82, 2.24) is 4.90 Å². The second-order valence-corrected chi connectivity index (χ2v) is 5.53. The maximum atomic E-state index is 6.23. The molecule has 124 valence electrons. The largest absolute Gasteiger partial charge is 0.379 e. The zero-order valence-electron chi connectivity index (χ0n) is 13.3. The molecule has 0 atom stereocenters. The lowest BCUT2D eigenvalue weighted by Crippen LogP contribution is -2.38. The van der Waals surface area contributed by atoms with Gasteiger partial charge >= 0.3 is 0 Å². The molecule has 2 aromatic carbocycles. The summed E-state index contributed by atoms with van der Waals surface area (Å²) in [5.74, 6) is 0. The van der Waals surface area contributed by atoms with Gasteiger partial charge in [-0.25, -0.2) is 0 Å². The molecule has 0 amide bonds. The van der Waals surface area contributed by atoms with Crippen molar-refractivity contribution in [2.24, 2.45) is 0 Å². The summed E-state index contributed by atoms with van der Waals surface area (Å²) in [5.41, 5.74) is 2.41. The van der Waals surface area contributed by atoms with Crippen LogP contribution in [-0.4, -0.2) is 44.4 Å². The van der Waals surface area contributed by atoms with E-state index in [0.717, 1.165) is 39.5 Å². The van der Waals surface area contributed by atoms with Gasteiger partial charge in [-0.15, -0.1) is 12.4 Å². The molecular formula is C19H24ClNO2. The van der Waals surface area contributed by atoms with Crippen molar-refractivity contribution in [3.05, 3.63) is 71.8 Å². The fraction of sp³-hybridized carbons (Fsp3) is 0.368. The molecule has 2 aromatic rings. The van der Waals surface area contributed by atoms with Crippen LogP contribution in [0.5, 0.6) is 0 Å². The lowest BCUT2D eigenvalue weighted by molar-refractivity contribution is 0.00968. The van der Waals surface area contributed by atoms with Gasteiger partial charge in [0.05, 0.1) is 19.8 Å². The van der Waals surface area contributed by atoms with Gasteiger partial charge in [0.25, 0.3) is 0 Å². The first-order chi connectivity index (χ1) is 10.9. The van der Waals surface area contributed by atoms with Gasteiger partial charge in [-0.2, -0.15) is 0 Å². The van der Waals surface area contributed by atoms with Gasteiger partial charge in [0.2, 0.25) is 0 Å². The number of benzene rings is 2. The highest BCUT2D eigenvalue weighted by molar-refractivity contribution is 5.85. The molecule has 4 heteroatoms. The summed E-state index contributed by atoms with van der Waals surface area (Å²) < 4.78 is 11.6. The van der Waals surface area contributed by atoms with Crippen LogP contribution in [0.2, 0.25) is 0 Å². The second kappa shape index (κ2) is 9.68. The molecule has 0 aliphatic carbocycles. The lowest BCUT2D eigenvalue weighted by atomic mass is 10.0. The number of hydrogen-bond donors (Lipinski definition) is 0. The van der Waals surface area contributed by atoms with Crippen LogP contribution in [0.3, 0.4) is 0 Å². The van der Waals surface area contributed by atoms with Gasteiger partial charge < -0.3 is 9.47 Å². The molecule has 0 aromatic heterocycles. The minimum atomic E-state index is 0. The number of rotatable bonds is 6. The standard InChI is InChI=1S/C19H23NO2.ClH/c1-3-7-17(8-4-1)19(18-9-5-2-6-10-18)22-16-13-20-11-14-21-15-12-20;/h1-10,19H,11-16H2;1H. The Morgan fingerprint density at radius 3 is 1.91 bits per heavy atom. The summed E-state index contributed by atoms with van der Waals surface area (Å²) in [4.78, 5) is 2.40. The number of halogens is 1. The van der Waals surface area contributed by atoms with Crippen LogP contribution < -0.4 is 0 Å². The smallest absolute Gasteiger partial charge is 0.108 e. The summed E-state index contributed by atoms with van der Waals surface area (Å²) in [6, 6.07) is 20.9. The third-order valence-electron chi connectivity index (χ3n) is 4.00. The highest BCUT2D eigenvalue weighted by atomic mass is 35.5. The molecule has 1 aliphatic heterocycles. The maximum absolute atomic E-state index is 6.23. The third-order valence-corrected chi connectivity index (χ3v) is 4.00. The van der Waals surface area contributed by atoms with E-state index < -0.39 is 0 Å². The zero-order chi connectivity index (χ0) is 15.0. The van der Waals surface area contributed by atoms with Crippen molar-refractivity contribution >= 4 is 12.4 Å². The predicted molar refractivity (Wildman–Crippen MR) is 95.2 cm³/mol. The Hall–Kier alpha value is -1.39. The van der Waals surface area contributed by atoms with E-state index in [2.05, 4.69) is 53.4 Å². The molecule has 0 N–H and O–H groups in total. The van der Waals surface area contributed by atoms with Crippen LogP contribution in [0.1, 0.15) is 17.2 Å². The van der Waals surface area contributed by atoms with Crippen LogP contribution in [-0.2, 0) is 9.47 Å². The van der Waals surface area contributed by atoms with E-state index in [-0.39, 0.29) is 18.5 Å². The summed E-state index contributed by atoms with van der Waals surface area (Å²) >= 11 is 0. The van der Waals surface area contributed by atoms with E-state index in [1.54, 1.807) is 0 Å². The molecule has 0 spiro atoms. The van der Waals surface area contributed by atoms with Gasteiger partial charge in [0, 0.05) is 19.6 Å². The quantitative estimate of drug-likeness (QED) is 0.807. The van der Waals surface area contributed by atoms with E-state index in [1.165, 1.54) is 11.1 Å². The van der Waals surface area contributed by atoms with E-state index >= 15 is 0 Å². The Morgan fingerprint density at radius 1 is 0.870 bits per heavy atom. The first-order valence-electron chi connectivity index (χ1n) is 7.95. The van der Waals surface area contributed by atoms with Gasteiger partial charge in [-0.1, -0.05) is 60.7 Å². The average molecular weight is 334 g/mol. The topological polar surface area (TPSA) is 21.7 Å². The Kier molecular flexibility index (Phi) is 7.56. The summed E-state index contributed by atoms with van der Waals surface area (Å²) in [6.07, 6.45) is 0.00319. The Balaban J connectivity index is 0.00000192. The first kappa shape index (κ1) is 18.0. The lowest BCUT2D eigenvalue weighted by Gasteiger charge is -2.27. The number of nitrogens with zero attached hydrogens (tertiary/aromatic N) is 1. The monoisotopic (exact) mass is 333 g/mol. The van der Waals surface area contributed by atoms with E-state index in [9.17, 15) is 0 Å². The maximum Gasteiger partial charge on any atom is 0.108 e. The second-order valence-electron chi connectivity index (χ2n) is 5.53. The predicted octanol–water partition coefficient (Wildman–Crippen LogP) is 3.55. The zero-order valence-corrected chi connectivity index (χ0v) is 14.1. The van der Waals surface area contributed by atoms with Crippen LogP contribution in [0.25, 0.3) is 0 Å². The van der Waals surface area contributed by atoms with Crippen LogP contribution >= 0.6 is 12.4 Å². The van der Waals surface area contributed by atoms with Crippen molar-refractivity contribution < 1.29 is 9.47 Å². The average Bonchev–Trinajstić information content (AvgIpc) is 2.61. The van der Waals surface area contributed by atoms with E-state index in [4.69, 9.17) is 9.47 Å². The molecule has 1 fully saturated rings. The summed E-state index contributed by atoms with van der Waals surface area (Å²) in [7, 11) is 0. The van der Waals surface area contributed by atoms with Crippen molar-refractivity contribution in [3.63, 3.8) is 0 Å². The van der Waals surface area contributed by atoms with Gasteiger partial charge in [0.15, 0.2) is 0 Å². The first-order valence-corrected chi connectivity index (χ1v) is 7.95. The summed E-state index contributed by atoms with van der Waals surface area (Å²) in [5, 5.41) is 0. The molecule has 1 saturated heterocycles. The van der Waals surface area contributed by atoms with E-state index in [1.807, 2.05) is 12.1 Å². The van der Waals surface area contributed by atoms with Gasteiger partial charge in [-0.05, 0) is 11.1 Å². The fourth-order valence-corrected chi connectivity index (χ4v) is 2.76. The molecule has 0 saturated carbocycles. The minimum absolute atomic E-state index is 0. The van der Waals surface area contributed by atoms with Crippen LogP contribution in [0, 0.1) is 0 Å². The number of ether oxygens (including phenoxy) is 2. The Labute approximate surface area is 144 Å². The molecule has 23 heavy (non-hydrogen) atoms. The normalized spacial score (nSPS) is 15.3. The third kappa shape index (κ3) is 5.33. The number of morpholine rings is 1. The van der Waals surface area contributed by atoms with Crippen molar-refractivity contribution in [2.75, 3.05) is 39.5 Å². The minimum Gasteiger partial charge on any atom is -0.379 e. The molecule has 0 radical (unpaired) electrons. The van der Waals surface area contributed by atoms with Crippen molar-refractivity contribution in [2.45, 2.75) is 6.10 Å². The fourth-order valence-electron chi connectivity index (χ4n) is 2.76. The SMILES string of the molecule is Cl.c1ccc(C(OCCN2CCOCC2)c2ccccc2)cc1.